The zero-order chi connectivity index (χ0) is 16.1. The number of fused-ring (bicyclic) bond motifs is 2. The van der Waals surface area contributed by atoms with Crippen molar-refractivity contribution in [3.8, 4) is 0 Å². The number of hydrogen-bond acceptors (Lipinski definition) is 3. The van der Waals surface area contributed by atoms with Crippen LogP contribution in [0.4, 0.5) is 0 Å². The zero-order valence-electron chi connectivity index (χ0n) is 12.1. The fourth-order valence-corrected chi connectivity index (χ4v) is 5.31. The second kappa shape index (κ2) is 5.80. The molecule has 0 spiro atoms. The van der Waals surface area contributed by atoms with Gasteiger partial charge in [0, 0.05) is 22.8 Å². The molecule has 2 heterocycles. The summed E-state index contributed by atoms with van der Waals surface area (Å²) in [6.07, 6.45) is 4.10. The summed E-state index contributed by atoms with van der Waals surface area (Å²) in [5, 5.41) is 0.102. The van der Waals surface area contributed by atoms with Gasteiger partial charge in [-0.25, -0.2) is 8.42 Å². The van der Waals surface area contributed by atoms with Crippen LogP contribution in [0.15, 0.2) is 22.7 Å². The third kappa shape index (κ3) is 2.93. The second-order valence-corrected chi connectivity index (χ2v) is 9.79. The van der Waals surface area contributed by atoms with E-state index in [4.69, 9.17) is 11.6 Å². The number of hydrogen-bond donors (Lipinski definition) is 0. The predicted octanol–water partition coefficient (Wildman–Crippen LogP) is 3.28. The van der Waals surface area contributed by atoms with Gasteiger partial charge in [-0.15, -0.1) is 0 Å². The Hall–Kier alpha value is -0.590. The second-order valence-electron chi connectivity index (χ2n) is 6.14. The molecule has 0 radical (unpaired) electrons. The fourth-order valence-electron chi connectivity index (χ4n) is 3.61. The number of nitrogens with zero attached hydrogens (tertiary/aromatic N) is 1. The van der Waals surface area contributed by atoms with Gasteiger partial charge in [0.25, 0.3) is 5.91 Å². The molecule has 0 N–H and O–H groups in total. The van der Waals surface area contributed by atoms with E-state index in [0.29, 0.717) is 23.4 Å². The van der Waals surface area contributed by atoms with Crippen LogP contribution in [0.2, 0.25) is 5.02 Å². The Morgan fingerprint density at radius 1 is 1.27 bits per heavy atom. The molecule has 22 heavy (non-hydrogen) atoms. The first-order valence-corrected chi connectivity index (χ1v) is 10.4. The Kier molecular flexibility index (Phi) is 4.29. The molecule has 2 unspecified atom stereocenters. The van der Waals surface area contributed by atoms with Crippen LogP contribution in [-0.4, -0.2) is 42.8 Å². The molecule has 2 aliphatic heterocycles. The highest BCUT2D eigenvalue weighted by Gasteiger charge is 2.46. The molecule has 1 amide bonds. The van der Waals surface area contributed by atoms with E-state index in [1.165, 1.54) is 6.26 Å². The van der Waals surface area contributed by atoms with Gasteiger partial charge in [-0.05, 0) is 43.9 Å². The first kappa shape index (κ1) is 16.3. The minimum absolute atomic E-state index is 0.000947. The van der Waals surface area contributed by atoms with Crippen molar-refractivity contribution >= 4 is 43.3 Å². The van der Waals surface area contributed by atoms with Crippen molar-refractivity contribution in [2.24, 2.45) is 0 Å². The lowest BCUT2D eigenvalue weighted by Crippen LogP contribution is -2.49. The first-order chi connectivity index (χ1) is 10.3. The van der Waals surface area contributed by atoms with Crippen LogP contribution >= 0.6 is 27.5 Å². The van der Waals surface area contributed by atoms with E-state index in [1.807, 2.05) is 4.90 Å². The SMILES string of the molecule is CS(=O)(=O)C1CC2CCC(C1)N2C(=O)c1cc(Br)ccc1Cl. The monoisotopic (exact) mass is 405 g/mol. The van der Waals surface area contributed by atoms with E-state index in [2.05, 4.69) is 15.9 Å². The average molecular weight is 407 g/mol. The molecule has 0 saturated carbocycles. The van der Waals surface area contributed by atoms with Crippen LogP contribution in [-0.2, 0) is 9.84 Å². The largest absolute Gasteiger partial charge is 0.333 e. The topological polar surface area (TPSA) is 54.5 Å². The third-order valence-corrected chi connectivity index (χ3v) is 7.11. The summed E-state index contributed by atoms with van der Waals surface area (Å²) in [6.45, 7) is 0. The Bertz CT molecular complexity index is 707. The molecule has 2 fully saturated rings. The van der Waals surface area contributed by atoms with Gasteiger partial charge < -0.3 is 4.90 Å². The van der Waals surface area contributed by atoms with E-state index in [1.54, 1.807) is 18.2 Å². The average Bonchev–Trinajstić information content (AvgIpc) is 2.69. The van der Waals surface area contributed by atoms with Gasteiger partial charge in [-0.2, -0.15) is 0 Å². The number of piperidine rings is 1. The number of rotatable bonds is 2. The minimum Gasteiger partial charge on any atom is -0.333 e. The number of benzene rings is 1. The summed E-state index contributed by atoms with van der Waals surface area (Å²) >= 11 is 9.52. The molecule has 2 aliphatic rings. The fraction of sp³-hybridized carbons (Fsp3) is 0.533. The van der Waals surface area contributed by atoms with Crippen molar-refractivity contribution < 1.29 is 13.2 Å². The Morgan fingerprint density at radius 3 is 2.41 bits per heavy atom. The van der Waals surface area contributed by atoms with Crippen molar-refractivity contribution in [2.75, 3.05) is 6.26 Å². The molecule has 0 aromatic heterocycles. The van der Waals surface area contributed by atoms with Crippen molar-refractivity contribution in [2.45, 2.75) is 43.0 Å². The molecule has 4 nitrogen and oxygen atoms in total. The lowest BCUT2D eigenvalue weighted by atomic mass is 10.0. The lowest BCUT2D eigenvalue weighted by molar-refractivity contribution is 0.0598. The highest BCUT2D eigenvalue weighted by Crippen LogP contribution is 2.39. The van der Waals surface area contributed by atoms with Crippen LogP contribution in [0.5, 0.6) is 0 Å². The van der Waals surface area contributed by atoms with E-state index in [9.17, 15) is 13.2 Å². The maximum absolute atomic E-state index is 12.9. The van der Waals surface area contributed by atoms with Crippen LogP contribution in [0, 0.1) is 0 Å². The van der Waals surface area contributed by atoms with Gasteiger partial charge in [-0.3, -0.25) is 4.79 Å². The van der Waals surface area contributed by atoms with Crippen molar-refractivity contribution in [3.05, 3.63) is 33.3 Å². The Morgan fingerprint density at radius 2 is 1.86 bits per heavy atom. The van der Waals surface area contributed by atoms with Crippen LogP contribution in [0.25, 0.3) is 0 Å². The molecule has 3 rings (SSSR count). The number of carbonyl (C=O) groups is 1. The van der Waals surface area contributed by atoms with Gasteiger partial charge in [0.05, 0.1) is 15.8 Å². The van der Waals surface area contributed by atoms with Gasteiger partial charge in [-0.1, -0.05) is 27.5 Å². The molecule has 2 atom stereocenters. The third-order valence-electron chi connectivity index (χ3n) is 4.69. The standard InChI is InChI=1S/C15H17BrClNO3S/c1-22(20,21)12-7-10-3-4-11(8-12)18(10)15(19)13-6-9(16)2-5-14(13)17/h2,5-6,10-12H,3-4,7-8H2,1H3. The number of carbonyl (C=O) groups excluding carboxylic acids is 1. The van der Waals surface area contributed by atoms with Crippen LogP contribution < -0.4 is 0 Å². The van der Waals surface area contributed by atoms with Gasteiger partial charge >= 0.3 is 0 Å². The highest BCUT2D eigenvalue weighted by molar-refractivity contribution is 9.10. The summed E-state index contributed by atoms with van der Waals surface area (Å²) in [5.41, 5.74) is 0.478. The van der Waals surface area contributed by atoms with Crippen molar-refractivity contribution in [1.82, 2.24) is 4.90 Å². The molecule has 0 aliphatic carbocycles. The Labute approximate surface area is 143 Å². The predicted molar refractivity (Wildman–Crippen MR) is 90.0 cm³/mol. The van der Waals surface area contributed by atoms with Crippen LogP contribution in [0.3, 0.4) is 0 Å². The number of halogens is 2. The number of sulfone groups is 1. The maximum Gasteiger partial charge on any atom is 0.255 e. The molecular formula is C15H17BrClNO3S. The van der Waals surface area contributed by atoms with E-state index < -0.39 is 9.84 Å². The normalized spacial score (nSPS) is 28.0. The van der Waals surface area contributed by atoms with E-state index >= 15 is 0 Å². The molecule has 1 aromatic rings. The molecule has 2 bridgehead atoms. The lowest BCUT2D eigenvalue weighted by Gasteiger charge is -2.38. The van der Waals surface area contributed by atoms with Crippen molar-refractivity contribution in [3.63, 3.8) is 0 Å². The number of amides is 1. The summed E-state index contributed by atoms with van der Waals surface area (Å²) < 4.78 is 24.4. The summed E-state index contributed by atoms with van der Waals surface area (Å²) in [4.78, 5) is 14.7. The molecule has 120 valence electrons. The molecular weight excluding hydrogens is 390 g/mol. The summed E-state index contributed by atoms with van der Waals surface area (Å²) in [7, 11) is -3.05. The highest BCUT2D eigenvalue weighted by atomic mass is 79.9. The van der Waals surface area contributed by atoms with E-state index in [-0.39, 0.29) is 23.2 Å². The Balaban J connectivity index is 1.88. The van der Waals surface area contributed by atoms with E-state index in [0.717, 1.165) is 17.3 Å². The van der Waals surface area contributed by atoms with Gasteiger partial charge in [0.15, 0.2) is 0 Å². The smallest absolute Gasteiger partial charge is 0.255 e. The first-order valence-electron chi connectivity index (χ1n) is 7.24. The summed E-state index contributed by atoms with van der Waals surface area (Å²) in [6, 6.07) is 5.22. The quantitative estimate of drug-likeness (QED) is 0.757. The van der Waals surface area contributed by atoms with Gasteiger partial charge in [0.1, 0.15) is 9.84 Å². The van der Waals surface area contributed by atoms with Gasteiger partial charge in [0.2, 0.25) is 0 Å². The molecule has 7 heteroatoms. The molecule has 2 saturated heterocycles. The van der Waals surface area contributed by atoms with Crippen LogP contribution in [0.1, 0.15) is 36.0 Å². The molecule has 1 aromatic carbocycles. The van der Waals surface area contributed by atoms with Crippen molar-refractivity contribution in [1.29, 1.82) is 0 Å². The minimum atomic E-state index is -3.05. The summed E-state index contributed by atoms with van der Waals surface area (Å²) in [5.74, 6) is -0.0919. The zero-order valence-corrected chi connectivity index (χ0v) is 15.3. The maximum atomic E-state index is 12.9.